The van der Waals surface area contributed by atoms with E-state index < -0.39 is 0 Å². The van der Waals surface area contributed by atoms with Gasteiger partial charge in [0, 0.05) is 24.2 Å². The molecule has 0 saturated heterocycles. The summed E-state index contributed by atoms with van der Waals surface area (Å²) in [5, 5.41) is 13.9. The van der Waals surface area contributed by atoms with Crippen LogP contribution >= 0.6 is 0 Å². The molecule has 0 atom stereocenters. The van der Waals surface area contributed by atoms with Crippen LogP contribution in [-0.2, 0) is 13.0 Å². The molecule has 5 heteroatoms. The van der Waals surface area contributed by atoms with E-state index in [9.17, 15) is 9.65 Å². The Labute approximate surface area is 159 Å². The summed E-state index contributed by atoms with van der Waals surface area (Å²) in [7, 11) is 0. The lowest BCUT2D eigenvalue weighted by Gasteiger charge is -2.14. The van der Waals surface area contributed by atoms with Crippen LogP contribution in [0.1, 0.15) is 36.4 Å². The topological polar surface area (TPSA) is 53.6 Å². The highest BCUT2D eigenvalue weighted by atomic mass is 19.1. The first kappa shape index (κ1) is 18.9. The van der Waals surface area contributed by atoms with Crippen LogP contribution in [-0.4, -0.2) is 16.1 Å². The van der Waals surface area contributed by atoms with Crippen LogP contribution in [0.15, 0.2) is 30.3 Å². The molecule has 0 spiro atoms. The summed E-state index contributed by atoms with van der Waals surface area (Å²) in [6, 6.07) is 10.6. The van der Waals surface area contributed by atoms with Gasteiger partial charge in [-0.25, -0.2) is 9.37 Å². The van der Waals surface area contributed by atoms with Gasteiger partial charge in [-0.05, 0) is 55.5 Å². The molecule has 0 aliphatic rings. The van der Waals surface area contributed by atoms with Crippen LogP contribution < -0.4 is 5.32 Å². The molecule has 0 unspecified atom stereocenters. The van der Waals surface area contributed by atoms with Crippen molar-refractivity contribution in [2.75, 3.05) is 11.9 Å². The number of benzene rings is 1. The molecule has 0 amide bonds. The van der Waals surface area contributed by atoms with Gasteiger partial charge in [0.05, 0.1) is 5.52 Å². The Hall–Kier alpha value is -2.87. The zero-order chi connectivity index (χ0) is 19.6. The van der Waals surface area contributed by atoms with Crippen LogP contribution in [0, 0.1) is 36.9 Å². The second-order valence-electron chi connectivity index (χ2n) is 7.38. The van der Waals surface area contributed by atoms with Crippen molar-refractivity contribution in [2.45, 2.75) is 40.7 Å². The van der Waals surface area contributed by atoms with Gasteiger partial charge in [-0.1, -0.05) is 26.0 Å². The lowest BCUT2D eigenvalue weighted by Crippen LogP contribution is -2.11. The first-order chi connectivity index (χ1) is 12.9. The zero-order valence-corrected chi connectivity index (χ0v) is 16.3. The Kier molecular flexibility index (Phi) is 5.46. The van der Waals surface area contributed by atoms with Crippen molar-refractivity contribution in [1.29, 1.82) is 5.26 Å². The number of pyridine rings is 1. The molecule has 0 radical (unpaired) electrons. The molecule has 4 nitrogen and oxygen atoms in total. The van der Waals surface area contributed by atoms with E-state index in [4.69, 9.17) is 0 Å². The van der Waals surface area contributed by atoms with Crippen LogP contribution in [0.25, 0.3) is 10.9 Å². The summed E-state index contributed by atoms with van der Waals surface area (Å²) in [6.45, 7) is 10.2. The van der Waals surface area contributed by atoms with Crippen molar-refractivity contribution < 1.29 is 4.39 Å². The number of nitriles is 1. The third-order valence-corrected chi connectivity index (χ3v) is 4.90. The van der Waals surface area contributed by atoms with E-state index in [0.717, 1.165) is 35.2 Å². The number of rotatable bonds is 6. The predicted octanol–water partition coefficient (Wildman–Crippen LogP) is 4.97. The van der Waals surface area contributed by atoms with Crippen LogP contribution in [0.2, 0.25) is 0 Å². The number of hydrogen-bond acceptors (Lipinski definition) is 3. The van der Waals surface area contributed by atoms with Crippen molar-refractivity contribution >= 4 is 16.7 Å². The Morgan fingerprint density at radius 2 is 1.93 bits per heavy atom. The molecule has 0 aliphatic heterocycles. The summed E-state index contributed by atoms with van der Waals surface area (Å²) >= 11 is 0. The maximum Gasteiger partial charge on any atom is 0.152 e. The highest BCUT2D eigenvalue weighted by Gasteiger charge is 2.17. The lowest BCUT2D eigenvalue weighted by molar-refractivity contribution is 0.527. The highest BCUT2D eigenvalue weighted by molar-refractivity contribution is 5.94. The van der Waals surface area contributed by atoms with E-state index in [0.29, 0.717) is 18.2 Å². The first-order valence-corrected chi connectivity index (χ1v) is 9.29. The molecule has 1 aromatic carbocycles. The number of aromatic nitrogens is 2. The third kappa shape index (κ3) is 3.95. The largest absolute Gasteiger partial charge is 0.368 e. The average Bonchev–Trinajstić information content (AvgIpc) is 2.88. The summed E-state index contributed by atoms with van der Waals surface area (Å²) < 4.78 is 15.4. The molecule has 2 heterocycles. The monoisotopic (exact) mass is 364 g/mol. The number of aryl methyl sites for hydroxylation is 1. The first-order valence-electron chi connectivity index (χ1n) is 9.29. The van der Waals surface area contributed by atoms with Gasteiger partial charge in [-0.2, -0.15) is 5.26 Å². The van der Waals surface area contributed by atoms with Crippen LogP contribution in [0.5, 0.6) is 0 Å². The molecule has 3 rings (SSSR count). The quantitative estimate of drug-likeness (QED) is 0.671. The molecule has 140 valence electrons. The number of anilines is 1. The Morgan fingerprint density at radius 1 is 1.22 bits per heavy atom. The number of hydrogen-bond donors (Lipinski definition) is 1. The maximum atomic E-state index is 13.1. The molecule has 1 N–H and O–H groups in total. The normalized spacial score (nSPS) is 11.1. The fraction of sp³-hybridized carbons (Fsp3) is 0.364. The van der Waals surface area contributed by atoms with E-state index in [1.54, 1.807) is 12.1 Å². The average molecular weight is 364 g/mol. The van der Waals surface area contributed by atoms with Crippen molar-refractivity contribution in [3.05, 3.63) is 58.7 Å². The minimum Gasteiger partial charge on any atom is -0.368 e. The van der Waals surface area contributed by atoms with E-state index in [-0.39, 0.29) is 5.82 Å². The van der Waals surface area contributed by atoms with Crippen LogP contribution in [0.4, 0.5) is 10.2 Å². The van der Waals surface area contributed by atoms with Crippen molar-refractivity contribution in [3.8, 4) is 6.07 Å². The van der Waals surface area contributed by atoms with E-state index in [1.165, 1.54) is 23.4 Å². The van der Waals surface area contributed by atoms with Gasteiger partial charge >= 0.3 is 0 Å². The standard InChI is InChI=1S/C22H25FN4/c1-14(2)13-27-16(4)15(3)20-11-19(12-24)26-22(21(20)27)25-10-9-17-5-7-18(23)8-6-17/h5-8,11,14H,9-10,13H2,1-4H3,(H,25,26). The van der Waals surface area contributed by atoms with E-state index in [1.807, 2.05) is 6.07 Å². The van der Waals surface area contributed by atoms with Gasteiger partial charge in [0.2, 0.25) is 0 Å². The van der Waals surface area contributed by atoms with Gasteiger partial charge in [0.1, 0.15) is 17.6 Å². The predicted molar refractivity (Wildman–Crippen MR) is 107 cm³/mol. The molecule has 3 aromatic rings. The minimum absolute atomic E-state index is 0.228. The number of fused-ring (bicyclic) bond motifs is 1. The smallest absolute Gasteiger partial charge is 0.152 e. The summed E-state index contributed by atoms with van der Waals surface area (Å²) in [5.41, 5.74) is 4.92. The van der Waals surface area contributed by atoms with Crippen molar-refractivity contribution in [2.24, 2.45) is 5.92 Å². The fourth-order valence-electron chi connectivity index (χ4n) is 3.41. The lowest BCUT2D eigenvalue weighted by atomic mass is 10.1. The molecule has 27 heavy (non-hydrogen) atoms. The number of halogens is 1. The Bertz CT molecular complexity index is 994. The van der Waals surface area contributed by atoms with E-state index in [2.05, 4.69) is 48.6 Å². The summed E-state index contributed by atoms with van der Waals surface area (Å²) in [4.78, 5) is 4.53. The van der Waals surface area contributed by atoms with Gasteiger partial charge in [0.25, 0.3) is 0 Å². The number of nitrogens with zero attached hydrogens (tertiary/aromatic N) is 3. The van der Waals surface area contributed by atoms with Gasteiger partial charge in [-0.3, -0.25) is 0 Å². The molecule has 0 fully saturated rings. The van der Waals surface area contributed by atoms with Crippen molar-refractivity contribution in [3.63, 3.8) is 0 Å². The number of nitrogens with one attached hydrogen (secondary N) is 1. The summed E-state index contributed by atoms with van der Waals surface area (Å²) in [5.74, 6) is 1.01. The van der Waals surface area contributed by atoms with Gasteiger partial charge in [0.15, 0.2) is 5.82 Å². The maximum absolute atomic E-state index is 13.1. The zero-order valence-electron chi connectivity index (χ0n) is 16.3. The van der Waals surface area contributed by atoms with E-state index >= 15 is 0 Å². The second kappa shape index (κ2) is 7.79. The van der Waals surface area contributed by atoms with Gasteiger partial charge in [-0.15, -0.1) is 0 Å². The third-order valence-electron chi connectivity index (χ3n) is 4.90. The molecule has 0 saturated carbocycles. The fourth-order valence-corrected chi connectivity index (χ4v) is 3.41. The Balaban J connectivity index is 1.96. The molecule has 2 aromatic heterocycles. The van der Waals surface area contributed by atoms with Gasteiger partial charge < -0.3 is 9.88 Å². The SMILES string of the molecule is Cc1c(C)n(CC(C)C)c2c(NCCc3ccc(F)cc3)nc(C#N)cc12. The summed E-state index contributed by atoms with van der Waals surface area (Å²) in [6.07, 6.45) is 0.753. The molecule has 0 bridgehead atoms. The molecular formula is C22H25FN4. The molecular weight excluding hydrogens is 339 g/mol. The van der Waals surface area contributed by atoms with Crippen molar-refractivity contribution in [1.82, 2.24) is 9.55 Å². The Morgan fingerprint density at radius 3 is 2.56 bits per heavy atom. The second-order valence-corrected chi connectivity index (χ2v) is 7.38. The minimum atomic E-state index is -0.228. The highest BCUT2D eigenvalue weighted by Crippen LogP contribution is 2.31. The molecule has 0 aliphatic carbocycles. The van der Waals surface area contributed by atoms with Crippen LogP contribution in [0.3, 0.4) is 0 Å².